The molecule has 6 heteroatoms. The molecule has 0 spiro atoms. The zero-order valence-electron chi connectivity index (χ0n) is 14.9. The van der Waals surface area contributed by atoms with Crippen LogP contribution in [0.3, 0.4) is 0 Å². The average molecular weight is 367 g/mol. The van der Waals surface area contributed by atoms with E-state index < -0.39 is 0 Å². The van der Waals surface area contributed by atoms with Crippen molar-refractivity contribution in [1.29, 1.82) is 0 Å². The number of hydrogen-bond acceptors (Lipinski definition) is 6. The molecule has 134 valence electrons. The minimum absolute atomic E-state index is 0.414. The zero-order valence-corrected chi connectivity index (χ0v) is 15.8. The molecule has 0 saturated carbocycles. The first kappa shape index (κ1) is 18.3. The molecular formula is C20H21N3O2S. The molecule has 0 N–H and O–H groups in total. The number of nitrogens with zero attached hydrogens (tertiary/aromatic N) is 3. The van der Waals surface area contributed by atoms with Gasteiger partial charge in [0.05, 0.1) is 13.2 Å². The van der Waals surface area contributed by atoms with Crippen LogP contribution in [0.4, 0.5) is 0 Å². The number of fused-ring (bicyclic) bond motifs is 1. The van der Waals surface area contributed by atoms with E-state index in [2.05, 4.69) is 26.7 Å². The highest BCUT2D eigenvalue weighted by Crippen LogP contribution is 2.21. The third-order valence-corrected chi connectivity index (χ3v) is 4.25. The van der Waals surface area contributed by atoms with Gasteiger partial charge in [0, 0.05) is 22.9 Å². The fourth-order valence-corrected chi connectivity index (χ4v) is 2.84. The van der Waals surface area contributed by atoms with Crippen LogP contribution < -0.4 is 4.74 Å². The molecule has 3 aromatic rings. The van der Waals surface area contributed by atoms with Crippen molar-refractivity contribution in [2.75, 3.05) is 40.5 Å². The first-order valence-electron chi connectivity index (χ1n) is 8.38. The average Bonchev–Trinajstić information content (AvgIpc) is 3.10. The van der Waals surface area contributed by atoms with E-state index in [1.165, 1.54) is 0 Å². The molecule has 0 aliphatic rings. The molecule has 0 saturated heterocycles. The molecule has 5 nitrogen and oxygen atoms in total. The van der Waals surface area contributed by atoms with Gasteiger partial charge in [-0.1, -0.05) is 24.1 Å². The standard InChI is InChI=1S/C20H21N3O2S/c1-23(2)10-11-24-12-13-25-20-17(9-8-16-6-4-3-5-7-16)21-18-14-26-15-19(18)22-20/h3-7,14-15H,10-13H2,1-2H3. The summed E-state index contributed by atoms with van der Waals surface area (Å²) in [6.07, 6.45) is 0. The first-order valence-corrected chi connectivity index (χ1v) is 9.33. The van der Waals surface area contributed by atoms with Gasteiger partial charge in [0.25, 0.3) is 0 Å². The number of rotatable bonds is 7. The van der Waals surface area contributed by atoms with E-state index in [1.54, 1.807) is 11.3 Å². The third-order valence-electron chi connectivity index (χ3n) is 3.53. The smallest absolute Gasteiger partial charge is 0.249 e. The van der Waals surface area contributed by atoms with E-state index in [9.17, 15) is 0 Å². The highest BCUT2D eigenvalue weighted by molar-refractivity contribution is 7.09. The van der Waals surface area contributed by atoms with Crippen molar-refractivity contribution >= 4 is 22.4 Å². The molecule has 0 unspecified atom stereocenters. The van der Waals surface area contributed by atoms with E-state index in [4.69, 9.17) is 9.47 Å². The van der Waals surface area contributed by atoms with Crippen LogP contribution in [0.25, 0.3) is 11.0 Å². The van der Waals surface area contributed by atoms with Crippen molar-refractivity contribution < 1.29 is 9.47 Å². The van der Waals surface area contributed by atoms with Crippen LogP contribution in [0.1, 0.15) is 11.3 Å². The summed E-state index contributed by atoms with van der Waals surface area (Å²) in [5, 5.41) is 3.92. The van der Waals surface area contributed by atoms with Crippen LogP contribution in [0, 0.1) is 11.8 Å². The van der Waals surface area contributed by atoms with Crippen LogP contribution >= 0.6 is 11.3 Å². The van der Waals surface area contributed by atoms with Gasteiger partial charge in [-0.05, 0) is 32.1 Å². The Balaban J connectivity index is 1.70. The van der Waals surface area contributed by atoms with Crippen LogP contribution in [-0.2, 0) is 4.74 Å². The second-order valence-electron chi connectivity index (χ2n) is 5.90. The van der Waals surface area contributed by atoms with E-state index in [0.29, 0.717) is 31.4 Å². The van der Waals surface area contributed by atoms with Crippen molar-refractivity contribution in [2.45, 2.75) is 0 Å². The molecule has 1 aromatic carbocycles. The lowest BCUT2D eigenvalue weighted by Gasteiger charge is -2.10. The lowest BCUT2D eigenvalue weighted by Crippen LogP contribution is -2.19. The number of benzene rings is 1. The fraction of sp³-hybridized carbons (Fsp3) is 0.300. The summed E-state index contributed by atoms with van der Waals surface area (Å²) >= 11 is 1.56. The number of ether oxygens (including phenoxy) is 2. The molecule has 0 atom stereocenters. The predicted octanol–water partition coefficient (Wildman–Crippen LogP) is 3.05. The van der Waals surface area contributed by atoms with Gasteiger partial charge in [-0.3, -0.25) is 0 Å². The molecule has 0 aliphatic heterocycles. The molecule has 2 heterocycles. The highest BCUT2D eigenvalue weighted by atomic mass is 32.1. The Hall–Kier alpha value is -2.46. The zero-order chi connectivity index (χ0) is 18.2. The molecule has 0 bridgehead atoms. The van der Waals surface area contributed by atoms with E-state index in [0.717, 1.165) is 23.1 Å². The van der Waals surface area contributed by atoms with Gasteiger partial charge in [0.2, 0.25) is 5.88 Å². The molecule has 3 rings (SSSR count). The maximum Gasteiger partial charge on any atom is 0.249 e. The monoisotopic (exact) mass is 367 g/mol. The van der Waals surface area contributed by atoms with Gasteiger partial charge in [-0.25, -0.2) is 9.97 Å². The van der Waals surface area contributed by atoms with Crippen LogP contribution in [0.2, 0.25) is 0 Å². The predicted molar refractivity (Wildman–Crippen MR) is 105 cm³/mol. The summed E-state index contributed by atoms with van der Waals surface area (Å²) in [5.74, 6) is 6.66. The van der Waals surface area contributed by atoms with E-state index in [1.807, 2.05) is 55.2 Å². The maximum atomic E-state index is 5.80. The Bertz CT molecular complexity index is 898. The second-order valence-corrected chi connectivity index (χ2v) is 6.64. The SMILES string of the molecule is CN(C)CCOCCOc1nc2cscc2nc1C#Cc1ccccc1. The number of likely N-dealkylation sites (N-methyl/N-ethyl adjacent to an activating group) is 1. The van der Waals surface area contributed by atoms with Gasteiger partial charge in [0.1, 0.15) is 17.6 Å². The summed E-state index contributed by atoms with van der Waals surface area (Å²) in [5.41, 5.74) is 3.14. The highest BCUT2D eigenvalue weighted by Gasteiger charge is 2.09. The van der Waals surface area contributed by atoms with Gasteiger partial charge < -0.3 is 14.4 Å². The summed E-state index contributed by atoms with van der Waals surface area (Å²) < 4.78 is 11.4. The van der Waals surface area contributed by atoms with Gasteiger partial charge in [-0.15, -0.1) is 11.3 Å². The number of thiophene rings is 1. The Morgan fingerprint density at radius 1 is 0.962 bits per heavy atom. The Labute approximate surface area is 157 Å². The molecule has 2 aromatic heterocycles. The van der Waals surface area contributed by atoms with Crippen LogP contribution in [0.15, 0.2) is 41.1 Å². The van der Waals surface area contributed by atoms with E-state index >= 15 is 0 Å². The van der Waals surface area contributed by atoms with Crippen molar-refractivity contribution in [3.63, 3.8) is 0 Å². The quantitative estimate of drug-likeness (QED) is 0.474. The molecule has 0 fully saturated rings. The Kier molecular flexibility index (Phi) is 6.56. The van der Waals surface area contributed by atoms with Crippen molar-refractivity contribution in [1.82, 2.24) is 14.9 Å². The summed E-state index contributed by atoms with van der Waals surface area (Å²) in [4.78, 5) is 11.2. The van der Waals surface area contributed by atoms with Crippen molar-refractivity contribution in [2.24, 2.45) is 0 Å². The minimum Gasteiger partial charge on any atom is -0.473 e. The Morgan fingerprint density at radius 2 is 1.73 bits per heavy atom. The molecule has 0 aliphatic carbocycles. The molecular weight excluding hydrogens is 346 g/mol. The largest absolute Gasteiger partial charge is 0.473 e. The topological polar surface area (TPSA) is 47.5 Å². The fourth-order valence-electron chi connectivity index (χ4n) is 2.16. The normalized spacial score (nSPS) is 10.7. The lowest BCUT2D eigenvalue weighted by atomic mass is 10.2. The van der Waals surface area contributed by atoms with Gasteiger partial charge in [-0.2, -0.15) is 0 Å². The summed E-state index contributed by atoms with van der Waals surface area (Å²) in [6, 6.07) is 9.80. The summed E-state index contributed by atoms with van der Waals surface area (Å²) in [7, 11) is 4.03. The molecule has 0 radical (unpaired) electrons. The minimum atomic E-state index is 0.414. The lowest BCUT2D eigenvalue weighted by molar-refractivity contribution is 0.0875. The first-order chi connectivity index (χ1) is 12.7. The van der Waals surface area contributed by atoms with Crippen molar-refractivity contribution in [3.8, 4) is 17.7 Å². The summed E-state index contributed by atoms with van der Waals surface area (Å²) in [6.45, 7) is 2.47. The molecule has 26 heavy (non-hydrogen) atoms. The van der Waals surface area contributed by atoms with Crippen LogP contribution in [-0.4, -0.2) is 55.3 Å². The Morgan fingerprint density at radius 3 is 2.50 bits per heavy atom. The second kappa shape index (κ2) is 9.30. The molecule has 0 amide bonds. The number of aromatic nitrogens is 2. The van der Waals surface area contributed by atoms with Crippen LogP contribution in [0.5, 0.6) is 5.88 Å². The van der Waals surface area contributed by atoms with Gasteiger partial charge >= 0.3 is 0 Å². The van der Waals surface area contributed by atoms with Crippen molar-refractivity contribution in [3.05, 3.63) is 52.3 Å². The van der Waals surface area contributed by atoms with E-state index in [-0.39, 0.29) is 0 Å². The number of hydrogen-bond donors (Lipinski definition) is 0. The maximum absolute atomic E-state index is 5.80. The third kappa shape index (κ3) is 5.27. The van der Waals surface area contributed by atoms with Gasteiger partial charge in [0.15, 0.2) is 5.69 Å².